The molecular weight excluding hydrogens is 668 g/mol. The average molecular weight is 711 g/mol. The Morgan fingerprint density at radius 2 is 0.458 bits per heavy atom. The summed E-state index contributed by atoms with van der Waals surface area (Å²) < 4.78 is 0. The van der Waals surface area contributed by atoms with E-state index in [2.05, 4.69) is 0 Å². The molecule has 23 nitrogen and oxygen atoms in total. The summed E-state index contributed by atoms with van der Waals surface area (Å²) in [6, 6.07) is 0. The van der Waals surface area contributed by atoms with Gasteiger partial charge in [-0.1, -0.05) is 13.3 Å². The fraction of sp³-hybridized carbons (Fsp3) is 0.600. The van der Waals surface area contributed by atoms with Crippen molar-refractivity contribution >= 4 is 59.7 Å². The molecule has 0 aromatic carbocycles. The van der Waals surface area contributed by atoms with Gasteiger partial charge in [-0.05, 0) is 6.42 Å². The molecule has 0 aromatic rings. The number of unbranched alkanes of at least 4 members (excludes halogenated alkanes) is 1. The number of carbonyl (C=O) groups is 10. The first-order valence-corrected chi connectivity index (χ1v) is 13.0. The summed E-state index contributed by atoms with van der Waals surface area (Å²) in [5.41, 5.74) is 0. The lowest BCUT2D eigenvalue weighted by Crippen LogP contribution is -2.26. The van der Waals surface area contributed by atoms with Crippen LogP contribution in [0.5, 0.6) is 0 Å². The van der Waals surface area contributed by atoms with Crippen LogP contribution < -0.4 is 0 Å². The number of aliphatic hydroxyl groups is 3. The summed E-state index contributed by atoms with van der Waals surface area (Å²) in [5.74, 6) is -13.2. The summed E-state index contributed by atoms with van der Waals surface area (Å²) in [5, 5.41) is 104. The van der Waals surface area contributed by atoms with Crippen molar-refractivity contribution in [2.24, 2.45) is 0 Å². The molecule has 0 unspecified atom stereocenters. The number of aliphatic carboxylic acids is 10. The third-order valence-corrected chi connectivity index (χ3v) is 3.63. The van der Waals surface area contributed by atoms with Gasteiger partial charge in [0.05, 0.1) is 64.2 Å². The minimum Gasteiger partial charge on any atom is -0.481 e. The maximum atomic E-state index is 9.64. The Bertz CT molecular complexity index is 762. The van der Waals surface area contributed by atoms with E-state index in [9.17, 15) is 47.9 Å². The maximum absolute atomic E-state index is 9.64. The maximum Gasteiger partial charge on any atom is 0.303 e. The van der Waals surface area contributed by atoms with Crippen LogP contribution in [-0.2, 0) is 47.9 Å². The van der Waals surface area contributed by atoms with E-state index in [1.807, 2.05) is 6.92 Å². The van der Waals surface area contributed by atoms with Crippen molar-refractivity contribution in [1.82, 2.24) is 0 Å². The zero-order valence-electron chi connectivity index (χ0n) is 25.6. The molecule has 0 aliphatic rings. The molecule has 0 aliphatic carbocycles. The van der Waals surface area contributed by atoms with E-state index in [4.69, 9.17) is 66.4 Å². The van der Waals surface area contributed by atoms with Gasteiger partial charge in [0.25, 0.3) is 5.97 Å². The molecule has 23 heteroatoms. The monoisotopic (exact) mass is 710 g/mol. The van der Waals surface area contributed by atoms with Crippen LogP contribution in [0.25, 0.3) is 0 Å². The van der Waals surface area contributed by atoms with E-state index in [1.165, 1.54) is 0 Å². The molecule has 0 bridgehead atoms. The van der Waals surface area contributed by atoms with Crippen molar-refractivity contribution in [2.45, 2.75) is 96.4 Å². The second kappa shape index (κ2) is 36.1. The van der Waals surface area contributed by atoms with E-state index in [0.29, 0.717) is 6.42 Å². The van der Waals surface area contributed by atoms with Crippen molar-refractivity contribution in [3.63, 3.8) is 0 Å². The predicted octanol–water partition coefficient (Wildman–Crippen LogP) is -0.514. The minimum absolute atomic E-state index is 0.0312. The van der Waals surface area contributed by atoms with Gasteiger partial charge in [0, 0.05) is 6.42 Å². The Labute approximate surface area is 270 Å². The fourth-order valence-corrected chi connectivity index (χ4v) is 1.48. The van der Waals surface area contributed by atoms with Gasteiger partial charge >= 0.3 is 59.7 Å². The van der Waals surface area contributed by atoms with Crippen LogP contribution in [0, 0.1) is 0 Å². The molecule has 0 amide bonds. The Hall–Kier alpha value is -5.42. The molecule has 0 heterocycles. The van der Waals surface area contributed by atoms with Crippen LogP contribution in [0.1, 0.15) is 90.4 Å². The van der Waals surface area contributed by atoms with Crippen molar-refractivity contribution in [3.8, 4) is 0 Å². The molecule has 0 saturated heterocycles. The molecule has 48 heavy (non-hydrogen) atoms. The second-order valence-corrected chi connectivity index (χ2v) is 8.32. The highest BCUT2D eigenvalue weighted by Crippen LogP contribution is 2.05. The van der Waals surface area contributed by atoms with Crippen molar-refractivity contribution in [1.29, 1.82) is 0 Å². The molecule has 280 valence electrons. The largest absolute Gasteiger partial charge is 0.481 e. The standard InChI is InChI=1S/C5H12O3.5C4H6O4/c1-2-3-4-5(6,7)8;5*5-3(6)1-2-4(7)8/h6-8H,2-4H2,1H3;5*1-2H2,(H,5,6)(H,7,8). The summed E-state index contributed by atoms with van der Waals surface area (Å²) in [4.78, 5) is 96.4. The van der Waals surface area contributed by atoms with Gasteiger partial charge in [0.2, 0.25) is 0 Å². The van der Waals surface area contributed by atoms with Gasteiger partial charge in [0.15, 0.2) is 0 Å². The molecule has 0 aromatic heterocycles. The SMILES string of the molecule is CCCCC(O)(O)O.O=C(O)CCC(=O)O.O=C(O)CCC(=O)O.O=C(O)CCC(=O)O.O=C(O)CCC(=O)O.O=C(O)CCC(=O)O. The first-order chi connectivity index (χ1) is 21.7. The molecule has 0 aliphatic heterocycles. The molecular formula is C25H42O23. The summed E-state index contributed by atoms with van der Waals surface area (Å²) in [6.45, 7) is 1.91. The second-order valence-electron chi connectivity index (χ2n) is 8.32. The number of hydrogen-bond donors (Lipinski definition) is 13. The molecule has 13 N–H and O–H groups in total. The lowest BCUT2D eigenvalue weighted by atomic mass is 10.2. The van der Waals surface area contributed by atoms with Crippen LogP contribution >= 0.6 is 0 Å². The molecule has 0 radical (unpaired) electrons. The Balaban J connectivity index is -0.000000110. The van der Waals surface area contributed by atoms with Crippen molar-refractivity contribution in [2.75, 3.05) is 0 Å². The van der Waals surface area contributed by atoms with E-state index >= 15 is 0 Å². The molecule has 0 rings (SSSR count). The van der Waals surface area contributed by atoms with Gasteiger partial charge in [-0.15, -0.1) is 0 Å². The predicted molar refractivity (Wildman–Crippen MR) is 151 cm³/mol. The number of hydrogen-bond acceptors (Lipinski definition) is 13. The Morgan fingerprint density at radius 3 is 0.500 bits per heavy atom. The van der Waals surface area contributed by atoms with Gasteiger partial charge in [-0.2, -0.15) is 0 Å². The topological polar surface area (TPSA) is 434 Å². The highest BCUT2D eigenvalue weighted by molar-refractivity contribution is 5.77. The summed E-state index contributed by atoms with van der Waals surface area (Å²) in [7, 11) is 0. The number of carboxylic acid groups (broad SMARTS) is 10. The minimum atomic E-state index is -2.45. The molecule has 0 atom stereocenters. The molecule has 0 spiro atoms. The third kappa shape index (κ3) is 105. The Kier molecular flexibility index (Phi) is 41.3. The Morgan fingerprint density at radius 1 is 0.333 bits per heavy atom. The normalized spacial score (nSPS) is 9.08. The highest BCUT2D eigenvalue weighted by atomic mass is 16.7. The van der Waals surface area contributed by atoms with Gasteiger partial charge in [0.1, 0.15) is 0 Å². The average Bonchev–Trinajstić information content (AvgIpc) is 2.92. The first kappa shape index (κ1) is 55.0. The third-order valence-electron chi connectivity index (χ3n) is 3.63. The van der Waals surface area contributed by atoms with E-state index < -0.39 is 65.7 Å². The lowest BCUT2D eigenvalue weighted by Gasteiger charge is -2.11. The summed E-state index contributed by atoms with van der Waals surface area (Å²) in [6.07, 6.45) is -1.45. The van der Waals surface area contributed by atoms with E-state index in [0.717, 1.165) is 6.42 Å². The van der Waals surface area contributed by atoms with Gasteiger partial charge in [-0.3, -0.25) is 47.9 Å². The lowest BCUT2D eigenvalue weighted by molar-refractivity contribution is -0.314. The van der Waals surface area contributed by atoms with Crippen molar-refractivity contribution in [3.05, 3.63) is 0 Å². The zero-order valence-corrected chi connectivity index (χ0v) is 25.6. The zero-order chi connectivity index (χ0) is 39.5. The molecule has 0 fully saturated rings. The molecule has 0 saturated carbocycles. The van der Waals surface area contributed by atoms with Crippen molar-refractivity contribution < 1.29 is 114 Å². The van der Waals surface area contributed by atoms with Gasteiger partial charge < -0.3 is 66.4 Å². The van der Waals surface area contributed by atoms with Crippen LogP contribution in [0.15, 0.2) is 0 Å². The van der Waals surface area contributed by atoms with E-state index in [-0.39, 0.29) is 70.6 Å². The number of rotatable bonds is 18. The highest BCUT2D eigenvalue weighted by Gasteiger charge is 2.15. The fourth-order valence-electron chi connectivity index (χ4n) is 1.48. The quantitative estimate of drug-likeness (QED) is 0.0796. The van der Waals surface area contributed by atoms with Crippen LogP contribution in [0.4, 0.5) is 0 Å². The first-order valence-electron chi connectivity index (χ1n) is 13.0. The smallest absolute Gasteiger partial charge is 0.303 e. The summed E-state index contributed by atoms with van der Waals surface area (Å²) >= 11 is 0. The van der Waals surface area contributed by atoms with Crippen LogP contribution in [-0.4, -0.2) is 132 Å². The number of carboxylic acids is 10. The van der Waals surface area contributed by atoms with Crippen LogP contribution in [0.3, 0.4) is 0 Å². The van der Waals surface area contributed by atoms with Crippen LogP contribution in [0.2, 0.25) is 0 Å². The van der Waals surface area contributed by atoms with E-state index in [1.54, 1.807) is 0 Å². The van der Waals surface area contributed by atoms with Gasteiger partial charge in [-0.25, -0.2) is 0 Å².